The number of nitrogens with one attached hydrogen (secondary N) is 11. The smallest absolute Gasteiger partial charge is 0.305 e. The van der Waals surface area contributed by atoms with E-state index in [4.69, 9.17) is 16.0 Å². The zero-order chi connectivity index (χ0) is 85.4. The molecule has 6 rings (SSSR count). The van der Waals surface area contributed by atoms with Gasteiger partial charge in [-0.2, -0.15) is 5.21 Å². The number of carboxylic acids is 1. The molecular weight excluding hydrogens is 1510 g/mol. The Morgan fingerprint density at radius 2 is 1.35 bits per heavy atom. The van der Waals surface area contributed by atoms with E-state index in [1.165, 1.54) is 32.0 Å². The van der Waals surface area contributed by atoms with E-state index in [-0.39, 0.29) is 49.6 Å². The Kier molecular flexibility index (Phi) is 36.2. The molecule has 0 radical (unpaired) electrons. The first kappa shape index (κ1) is 92.8. The third-order valence-electron chi connectivity index (χ3n) is 19.2. The molecule has 1 aliphatic rings. The number of rotatable bonds is 47. The van der Waals surface area contributed by atoms with E-state index in [0.29, 0.717) is 69.5 Å². The normalized spacial score (nSPS) is 14.9. The summed E-state index contributed by atoms with van der Waals surface area (Å²) >= 11 is 0. The number of aromatic amines is 1. The highest BCUT2D eigenvalue weighted by atomic mass is 19.1. The topological polar surface area (TPSA) is 565 Å². The van der Waals surface area contributed by atoms with Crippen LogP contribution in [0.5, 0.6) is 5.75 Å². The number of halogens is 1. The first-order valence-corrected chi connectivity index (χ1v) is 38.2. The van der Waals surface area contributed by atoms with Crippen LogP contribution in [0.4, 0.5) is 4.39 Å². The number of aromatic nitrogens is 4. The van der Waals surface area contributed by atoms with Gasteiger partial charge in [0.15, 0.2) is 5.82 Å². The maximum atomic E-state index is 15.6. The van der Waals surface area contributed by atoms with Crippen molar-refractivity contribution in [2.24, 2.45) is 16.3 Å². The molecule has 10 atom stereocenters. The number of carbonyl (C=O) groups is 13. The first-order valence-electron chi connectivity index (χ1n) is 38.2. The molecule has 628 valence electrons. The van der Waals surface area contributed by atoms with E-state index in [2.05, 4.69) is 83.8 Å². The number of H-pyrrole nitrogens is 1. The van der Waals surface area contributed by atoms with Gasteiger partial charge in [-0.3, -0.25) is 62.3 Å². The molecule has 0 spiro atoms. The SMILES string of the molecule is CCc1cc(OCCCCN=[N+]=[N-])ccc1-c1ccc(C[C@H](NC(=O)[C@H](CC(=O)O)NC(=O)[C@H](CO)NC(=O)[C@@H](NC(=O)[C@](C)(Cc2ccccc2F)NC(=O)[C@@H](NC(=O)CNC(=O)[C@H](Cc2nn[nH]n2)NC(=O)C(C)(C)CC(=O)NCCN2CCCCC2=O)[C@@H](C)O)[C@@H](C)O)C(=O)N[C@@H](CCCc2cc(C)cc(C)c2)C(N)=O)cc1. The van der Waals surface area contributed by atoms with Crippen LogP contribution >= 0.6 is 0 Å². The Balaban J connectivity index is 1.16. The van der Waals surface area contributed by atoms with Crippen LogP contribution in [0.25, 0.3) is 21.6 Å². The third-order valence-corrected chi connectivity index (χ3v) is 19.2. The van der Waals surface area contributed by atoms with Crippen LogP contribution in [-0.2, 0) is 94.4 Å². The number of nitrogens with zero attached hydrogens (tertiary/aromatic N) is 7. The summed E-state index contributed by atoms with van der Waals surface area (Å²) in [6.45, 7) is 11.4. The van der Waals surface area contributed by atoms with Gasteiger partial charge in [0.25, 0.3) is 0 Å². The number of amides is 12. The zero-order valence-corrected chi connectivity index (χ0v) is 66.2. The minimum atomic E-state index is -2.41. The predicted molar refractivity (Wildman–Crippen MR) is 417 cm³/mol. The van der Waals surface area contributed by atoms with Crippen LogP contribution in [0.1, 0.15) is 139 Å². The third kappa shape index (κ3) is 29.4. The minimum absolute atomic E-state index is 0.0267. The lowest BCUT2D eigenvalue weighted by Crippen LogP contribution is -2.67. The van der Waals surface area contributed by atoms with Crippen molar-refractivity contribution in [3.05, 3.63) is 140 Å². The summed E-state index contributed by atoms with van der Waals surface area (Å²) in [6, 6.07) is 10.8. The number of benzene rings is 4. The van der Waals surface area contributed by atoms with E-state index >= 15 is 4.39 Å². The Morgan fingerprint density at radius 3 is 1.98 bits per heavy atom. The highest BCUT2D eigenvalue weighted by molar-refractivity contribution is 6.00. The van der Waals surface area contributed by atoms with Crippen molar-refractivity contribution in [1.82, 2.24) is 78.7 Å². The molecule has 2 heterocycles. The number of azide groups is 1. The standard InChI is InChI=1S/C78H106FN19O18/c1-9-50-37-53(116-32-15-13-28-84-95-81)26-27-54(50)51-24-22-48(23-25-51)36-57(70(109)85-56(68(80)107)20-16-17-49-34-44(2)33-45(3)35-49)86-71(110)59(39-65(105)106)87-72(111)60(43-99)88-73(112)66(46(4)100)91-76(115)78(8,40-52-18-10-11-19-55(52)79)92-74(113)67(47(5)101)90-63(103)42-83-69(108)58(38-61-93-96-97-94-61)89-75(114)77(6,7)41-62(102)82-29-31-98-30-14-12-21-64(98)104/h10-11,18-19,22-27,33-35,37,46-47,56-60,66-67,99-101H,9,12-17,20-21,28-32,36,38-43H2,1-8H3,(H2,80,107)(H,82,102)(H,83,108)(H,85,109)(H,86,110)(H,87,111)(H,88,112)(H,89,114)(H,90,103)(H,91,115)(H,92,113)(H,105,106)(H,93,94,96,97)/t46-,47-,56+,57+,58+,59+,60+,66+,67+,78+/m1/s1. The number of primary amides is 1. The first-order chi connectivity index (χ1) is 55.0. The number of tetrazole rings is 1. The highest BCUT2D eigenvalue weighted by Crippen LogP contribution is 2.30. The van der Waals surface area contributed by atoms with Gasteiger partial charge >= 0.3 is 5.97 Å². The van der Waals surface area contributed by atoms with E-state index in [0.717, 1.165) is 73.1 Å². The summed E-state index contributed by atoms with van der Waals surface area (Å²) in [7, 11) is 0. The van der Waals surface area contributed by atoms with Crippen LogP contribution in [0.15, 0.2) is 90.0 Å². The van der Waals surface area contributed by atoms with Gasteiger partial charge in [-0.15, -0.1) is 10.2 Å². The number of carboxylic acid groups (broad SMARTS) is 1. The van der Waals surface area contributed by atoms with Gasteiger partial charge in [0, 0.05) is 63.2 Å². The van der Waals surface area contributed by atoms with E-state index in [1.807, 2.05) is 57.2 Å². The molecule has 116 heavy (non-hydrogen) atoms. The number of unbranched alkanes of at least 4 members (excludes halogenated alkanes) is 1. The van der Waals surface area contributed by atoms with Crippen molar-refractivity contribution >= 4 is 76.9 Å². The van der Waals surface area contributed by atoms with E-state index in [1.54, 1.807) is 29.2 Å². The number of hydrogen-bond donors (Lipinski definition) is 16. The molecule has 0 unspecified atom stereocenters. The number of aliphatic carboxylic acids is 1. The summed E-state index contributed by atoms with van der Waals surface area (Å²) < 4.78 is 21.5. The minimum Gasteiger partial charge on any atom is -0.494 e. The second-order valence-corrected chi connectivity index (χ2v) is 29.5. The lowest BCUT2D eigenvalue weighted by Gasteiger charge is -2.34. The van der Waals surface area contributed by atoms with Crippen LogP contribution in [0, 0.1) is 25.1 Å². The number of ether oxygens (including phenoxy) is 1. The summed E-state index contributed by atoms with van der Waals surface area (Å²) in [5, 5.41) is 83.6. The summed E-state index contributed by atoms with van der Waals surface area (Å²) in [5.41, 5.74) is 16.4. The molecule has 1 aliphatic heterocycles. The zero-order valence-electron chi connectivity index (χ0n) is 66.2. The summed E-state index contributed by atoms with van der Waals surface area (Å²) in [4.78, 5) is 183. The van der Waals surface area contributed by atoms with Crippen molar-refractivity contribution in [1.29, 1.82) is 0 Å². The van der Waals surface area contributed by atoms with Gasteiger partial charge in [-0.05, 0) is 143 Å². The van der Waals surface area contributed by atoms with Crippen molar-refractivity contribution in [3.8, 4) is 16.9 Å². The monoisotopic (exact) mass is 1620 g/mol. The van der Waals surface area contributed by atoms with Gasteiger partial charge in [0.05, 0.1) is 43.8 Å². The van der Waals surface area contributed by atoms with Crippen LogP contribution in [0.2, 0.25) is 0 Å². The Hall–Kier alpha value is -12.0. The molecule has 0 saturated carbocycles. The number of nitrogens with two attached hydrogens (primary N) is 1. The number of likely N-dealkylation sites (tertiary alicyclic amines) is 1. The Labute approximate surface area is 669 Å². The van der Waals surface area contributed by atoms with Crippen molar-refractivity contribution in [2.75, 3.05) is 45.9 Å². The molecule has 1 aromatic heterocycles. The fraction of sp³-hybridized carbons (Fsp3) is 0.513. The van der Waals surface area contributed by atoms with Crippen LogP contribution in [0.3, 0.4) is 0 Å². The number of hydrogen-bond acceptors (Lipinski definition) is 21. The Morgan fingerprint density at radius 1 is 0.707 bits per heavy atom. The number of carbonyl (C=O) groups excluding carboxylic acids is 12. The molecule has 12 amide bonds. The lowest BCUT2D eigenvalue weighted by atomic mass is 9.87. The van der Waals surface area contributed by atoms with E-state index in [9.17, 15) is 82.8 Å². The fourth-order valence-electron chi connectivity index (χ4n) is 12.9. The quantitative estimate of drug-likeness (QED) is 0.0108. The predicted octanol–water partition coefficient (Wildman–Crippen LogP) is 0.349. The van der Waals surface area contributed by atoms with Crippen molar-refractivity contribution in [2.45, 2.75) is 205 Å². The second-order valence-electron chi connectivity index (χ2n) is 29.5. The van der Waals surface area contributed by atoms with Gasteiger partial charge in [0.1, 0.15) is 59.4 Å². The van der Waals surface area contributed by atoms with Crippen molar-refractivity contribution in [3.63, 3.8) is 0 Å². The summed E-state index contributed by atoms with van der Waals surface area (Å²) in [6.07, 6.45) is -1.72. The van der Waals surface area contributed by atoms with E-state index < -0.39 is 175 Å². The maximum absolute atomic E-state index is 15.6. The Bertz CT molecular complexity index is 4290. The number of aliphatic hydroxyl groups excluding tert-OH is 3. The molecule has 38 heteroatoms. The van der Waals surface area contributed by atoms with Gasteiger partial charge in [0.2, 0.25) is 70.9 Å². The van der Waals surface area contributed by atoms with Crippen LogP contribution in [-0.4, -0.2) is 229 Å². The molecule has 0 aliphatic carbocycles. The molecule has 17 N–H and O–H groups in total. The average molecular weight is 1620 g/mol. The van der Waals surface area contributed by atoms with Crippen molar-refractivity contribution < 1.29 is 91.9 Å². The number of piperidine rings is 1. The molecule has 1 saturated heterocycles. The average Bonchev–Trinajstić information content (AvgIpc) is 1.07. The highest BCUT2D eigenvalue weighted by Gasteiger charge is 2.43. The molecule has 4 aromatic carbocycles. The molecule has 1 fully saturated rings. The van der Waals surface area contributed by atoms with Gasteiger partial charge < -0.3 is 89.0 Å². The van der Waals surface area contributed by atoms with Gasteiger partial charge in [-0.1, -0.05) is 109 Å². The number of aryl methyl sites for hydroxylation is 4. The summed E-state index contributed by atoms with van der Waals surface area (Å²) in [5.74, 6) is -14.0. The molecule has 5 aromatic rings. The second kappa shape index (κ2) is 45.2. The number of aliphatic hydroxyl groups is 3. The van der Waals surface area contributed by atoms with Gasteiger partial charge in [-0.25, -0.2) is 4.39 Å². The van der Waals surface area contributed by atoms with Crippen LogP contribution < -0.4 is 63.6 Å². The molecular formula is C78H106FN19O18. The lowest BCUT2D eigenvalue weighted by molar-refractivity contribution is -0.142. The molecule has 37 nitrogen and oxygen atoms in total. The largest absolute Gasteiger partial charge is 0.494 e. The fourth-order valence-corrected chi connectivity index (χ4v) is 12.9. The maximum Gasteiger partial charge on any atom is 0.305 e. The molecule has 0 bridgehead atoms.